The number of amides is 1. The fraction of sp³-hybridized carbons (Fsp3) is 0.316. The summed E-state index contributed by atoms with van der Waals surface area (Å²) in [5.74, 6) is -0.559. The van der Waals surface area contributed by atoms with Crippen molar-refractivity contribution in [2.75, 3.05) is 18.4 Å². The predicted molar refractivity (Wildman–Crippen MR) is 113 cm³/mol. The van der Waals surface area contributed by atoms with E-state index in [0.29, 0.717) is 24.3 Å². The number of piperidine rings is 1. The summed E-state index contributed by atoms with van der Waals surface area (Å²) in [5.41, 5.74) is 0.903. The summed E-state index contributed by atoms with van der Waals surface area (Å²) in [6.07, 6.45) is 2.68. The van der Waals surface area contributed by atoms with Crippen LogP contribution in [0.5, 0.6) is 0 Å². The molecule has 0 spiro atoms. The molecule has 154 valence electrons. The minimum Gasteiger partial charge on any atom is -0.322 e. The number of rotatable bonds is 5. The molecule has 0 bridgehead atoms. The van der Waals surface area contributed by atoms with Crippen molar-refractivity contribution in [3.63, 3.8) is 0 Å². The van der Waals surface area contributed by atoms with Crippen molar-refractivity contribution in [3.8, 4) is 0 Å². The van der Waals surface area contributed by atoms with E-state index in [4.69, 9.17) is 0 Å². The SMILES string of the molecule is Cc1ccc(S(=O)(=O)N2CCCCC2)cc1NC(=O)c1ccc(Br)c([N+](=O)[O-])c1. The molecule has 1 fully saturated rings. The Kier molecular flexibility index (Phi) is 6.35. The summed E-state index contributed by atoms with van der Waals surface area (Å²) in [6, 6.07) is 8.65. The summed E-state index contributed by atoms with van der Waals surface area (Å²) in [7, 11) is -3.64. The van der Waals surface area contributed by atoms with Gasteiger partial charge in [-0.3, -0.25) is 14.9 Å². The highest BCUT2D eigenvalue weighted by Gasteiger charge is 2.26. The number of nitrogens with one attached hydrogen (secondary N) is 1. The van der Waals surface area contributed by atoms with E-state index < -0.39 is 20.9 Å². The lowest BCUT2D eigenvalue weighted by Crippen LogP contribution is -2.35. The standard InChI is InChI=1S/C19H20BrN3O5S/c1-13-5-7-15(29(27,28)22-9-3-2-4-10-22)12-17(13)21-19(24)14-6-8-16(20)18(11-14)23(25)26/h5-8,11-12H,2-4,9-10H2,1H3,(H,21,24). The van der Waals surface area contributed by atoms with Crippen LogP contribution in [0.25, 0.3) is 0 Å². The van der Waals surface area contributed by atoms with E-state index in [0.717, 1.165) is 19.3 Å². The molecule has 1 aliphatic rings. The normalized spacial score (nSPS) is 15.1. The average molecular weight is 482 g/mol. The maximum atomic E-state index is 12.9. The molecule has 0 aliphatic carbocycles. The number of carbonyl (C=O) groups is 1. The molecule has 0 aromatic heterocycles. The number of aryl methyl sites for hydroxylation is 1. The summed E-state index contributed by atoms with van der Waals surface area (Å²) in [5, 5.41) is 13.8. The van der Waals surface area contributed by atoms with Crippen molar-refractivity contribution in [1.82, 2.24) is 4.31 Å². The van der Waals surface area contributed by atoms with E-state index in [1.54, 1.807) is 13.0 Å². The molecule has 10 heteroatoms. The number of sulfonamides is 1. The molecular weight excluding hydrogens is 462 g/mol. The molecule has 0 atom stereocenters. The van der Waals surface area contributed by atoms with E-state index in [2.05, 4.69) is 21.2 Å². The molecule has 1 N–H and O–H groups in total. The minimum atomic E-state index is -3.64. The second-order valence-electron chi connectivity index (χ2n) is 6.82. The zero-order valence-corrected chi connectivity index (χ0v) is 18.1. The maximum Gasteiger partial charge on any atom is 0.284 e. The summed E-state index contributed by atoms with van der Waals surface area (Å²) in [6.45, 7) is 2.72. The Morgan fingerprint density at radius 1 is 1.14 bits per heavy atom. The van der Waals surface area contributed by atoms with Crippen LogP contribution < -0.4 is 5.32 Å². The number of halogens is 1. The van der Waals surface area contributed by atoms with Gasteiger partial charge in [-0.05, 0) is 65.5 Å². The molecule has 1 amide bonds. The number of carbonyl (C=O) groups excluding carboxylic acids is 1. The van der Waals surface area contributed by atoms with Gasteiger partial charge in [-0.25, -0.2) is 8.42 Å². The third-order valence-corrected chi connectivity index (χ3v) is 7.38. The number of hydrogen-bond acceptors (Lipinski definition) is 5. The molecule has 2 aromatic rings. The Hall–Kier alpha value is -2.30. The number of benzene rings is 2. The predicted octanol–water partition coefficient (Wildman–Crippen LogP) is 4.09. The molecule has 0 unspecified atom stereocenters. The zero-order chi connectivity index (χ0) is 21.2. The quantitative estimate of drug-likeness (QED) is 0.510. The third-order valence-electron chi connectivity index (χ3n) is 4.82. The smallest absolute Gasteiger partial charge is 0.284 e. The van der Waals surface area contributed by atoms with E-state index in [9.17, 15) is 23.3 Å². The Bertz CT molecular complexity index is 1070. The van der Waals surface area contributed by atoms with Crippen LogP contribution in [0.15, 0.2) is 45.8 Å². The molecule has 0 radical (unpaired) electrons. The number of anilines is 1. The van der Waals surface area contributed by atoms with Crippen LogP contribution in [0, 0.1) is 17.0 Å². The van der Waals surface area contributed by atoms with Crippen LogP contribution >= 0.6 is 15.9 Å². The van der Waals surface area contributed by atoms with Crippen molar-refractivity contribution >= 4 is 43.2 Å². The van der Waals surface area contributed by atoms with Crippen molar-refractivity contribution in [3.05, 3.63) is 62.1 Å². The summed E-state index contributed by atoms with van der Waals surface area (Å²) >= 11 is 3.08. The van der Waals surface area contributed by atoms with Gasteiger partial charge in [-0.15, -0.1) is 0 Å². The van der Waals surface area contributed by atoms with Gasteiger partial charge in [0.1, 0.15) is 0 Å². The first-order valence-electron chi connectivity index (χ1n) is 9.06. The Morgan fingerprint density at radius 3 is 2.48 bits per heavy atom. The fourth-order valence-corrected chi connectivity index (χ4v) is 5.07. The second-order valence-corrected chi connectivity index (χ2v) is 9.61. The highest BCUT2D eigenvalue weighted by molar-refractivity contribution is 9.10. The lowest BCUT2D eigenvalue weighted by molar-refractivity contribution is -0.385. The number of nitro groups is 1. The number of nitro benzene ring substituents is 1. The van der Waals surface area contributed by atoms with Crippen LogP contribution in [-0.4, -0.2) is 36.6 Å². The van der Waals surface area contributed by atoms with Gasteiger partial charge in [0.25, 0.3) is 11.6 Å². The lowest BCUT2D eigenvalue weighted by Gasteiger charge is -2.26. The second kappa shape index (κ2) is 8.60. The van der Waals surface area contributed by atoms with E-state index in [1.165, 1.54) is 34.6 Å². The van der Waals surface area contributed by atoms with Gasteiger partial charge in [0.05, 0.1) is 14.3 Å². The molecule has 3 rings (SSSR count). The maximum absolute atomic E-state index is 12.9. The fourth-order valence-electron chi connectivity index (χ4n) is 3.14. The highest BCUT2D eigenvalue weighted by atomic mass is 79.9. The van der Waals surface area contributed by atoms with Gasteiger partial charge in [0.15, 0.2) is 0 Å². The topological polar surface area (TPSA) is 110 Å². The van der Waals surface area contributed by atoms with Gasteiger partial charge in [-0.2, -0.15) is 4.31 Å². The van der Waals surface area contributed by atoms with Gasteiger partial charge < -0.3 is 5.32 Å². The molecular formula is C19H20BrN3O5S. The van der Waals surface area contributed by atoms with E-state index >= 15 is 0 Å². The first-order valence-corrected chi connectivity index (χ1v) is 11.3. The van der Waals surface area contributed by atoms with Crippen molar-refractivity contribution in [2.24, 2.45) is 0 Å². The van der Waals surface area contributed by atoms with Crippen molar-refractivity contribution in [2.45, 2.75) is 31.1 Å². The summed E-state index contributed by atoms with van der Waals surface area (Å²) in [4.78, 5) is 23.2. The Labute approximate surface area is 177 Å². The van der Waals surface area contributed by atoms with Crippen LogP contribution in [0.4, 0.5) is 11.4 Å². The van der Waals surface area contributed by atoms with Crippen molar-refractivity contribution in [1.29, 1.82) is 0 Å². The third kappa shape index (κ3) is 4.65. The van der Waals surface area contributed by atoms with Gasteiger partial charge in [-0.1, -0.05) is 12.5 Å². The minimum absolute atomic E-state index is 0.101. The molecule has 1 heterocycles. The molecule has 1 saturated heterocycles. The monoisotopic (exact) mass is 481 g/mol. The molecule has 0 saturated carbocycles. The largest absolute Gasteiger partial charge is 0.322 e. The Balaban J connectivity index is 1.88. The Morgan fingerprint density at radius 2 is 1.83 bits per heavy atom. The van der Waals surface area contributed by atoms with Gasteiger partial charge >= 0.3 is 0 Å². The summed E-state index contributed by atoms with van der Waals surface area (Å²) < 4.78 is 27.5. The molecule has 1 aliphatic heterocycles. The number of nitrogens with zero attached hydrogens (tertiary/aromatic N) is 2. The first-order chi connectivity index (χ1) is 13.7. The van der Waals surface area contributed by atoms with Crippen LogP contribution in [0.2, 0.25) is 0 Å². The average Bonchev–Trinajstić information content (AvgIpc) is 2.70. The van der Waals surface area contributed by atoms with Gasteiger partial charge in [0.2, 0.25) is 10.0 Å². The van der Waals surface area contributed by atoms with Crippen LogP contribution in [-0.2, 0) is 10.0 Å². The zero-order valence-electron chi connectivity index (χ0n) is 15.7. The molecule has 2 aromatic carbocycles. The van der Waals surface area contributed by atoms with Gasteiger partial charge in [0, 0.05) is 30.4 Å². The van der Waals surface area contributed by atoms with Crippen LogP contribution in [0.3, 0.4) is 0 Å². The highest BCUT2D eigenvalue weighted by Crippen LogP contribution is 2.28. The van der Waals surface area contributed by atoms with Crippen LogP contribution in [0.1, 0.15) is 35.2 Å². The van der Waals surface area contributed by atoms with E-state index in [1.807, 2.05) is 0 Å². The first kappa shape index (κ1) is 21.4. The number of hydrogen-bond donors (Lipinski definition) is 1. The molecule has 29 heavy (non-hydrogen) atoms. The van der Waals surface area contributed by atoms with Crippen molar-refractivity contribution < 1.29 is 18.1 Å². The molecule has 8 nitrogen and oxygen atoms in total. The lowest BCUT2D eigenvalue weighted by atomic mass is 10.1. The van der Waals surface area contributed by atoms with E-state index in [-0.39, 0.29) is 20.6 Å².